The van der Waals surface area contributed by atoms with Crippen LogP contribution in [0, 0.1) is 6.42 Å². The van der Waals surface area contributed by atoms with Crippen LogP contribution in [0.2, 0.25) is 0 Å². The maximum atomic E-state index is 10.5. The molecule has 0 fully saturated rings. The topological polar surface area (TPSA) is 52.3 Å². The number of unbranched alkanes of at least 4 members (excludes halogenated alkanes) is 3. The molecule has 1 radical (unpaired) electrons. The highest BCUT2D eigenvalue weighted by atomic mass is 79.9. The van der Waals surface area contributed by atoms with E-state index in [-0.39, 0.29) is 5.97 Å². The summed E-state index contributed by atoms with van der Waals surface area (Å²) in [5.74, 6) is -0.204. The number of benzene rings is 1. The van der Waals surface area contributed by atoms with E-state index in [0.717, 1.165) is 41.4 Å². The molecule has 0 aliphatic rings. The number of esters is 1. The Hall–Kier alpha value is -1.03. The summed E-state index contributed by atoms with van der Waals surface area (Å²) in [6.45, 7) is 1.96. The lowest BCUT2D eigenvalue weighted by molar-refractivity contribution is -0.141. The fraction of sp³-hybridized carbons (Fsp3) is 0.429. The number of halogens is 1. The van der Waals surface area contributed by atoms with Gasteiger partial charge in [-0.2, -0.15) is 0 Å². The van der Waals surface area contributed by atoms with Crippen LogP contribution in [0.3, 0.4) is 0 Å². The molecule has 2 N–H and O–H groups in total. The first-order valence-electron chi connectivity index (χ1n) is 6.11. The van der Waals surface area contributed by atoms with E-state index in [1.165, 1.54) is 6.92 Å². The van der Waals surface area contributed by atoms with Gasteiger partial charge in [0.1, 0.15) is 0 Å². The second-order valence-electron chi connectivity index (χ2n) is 4.17. The van der Waals surface area contributed by atoms with Crippen LogP contribution in [0.25, 0.3) is 0 Å². The molecule has 0 saturated carbocycles. The molecule has 1 rings (SSSR count). The van der Waals surface area contributed by atoms with Gasteiger partial charge in [-0.25, -0.2) is 0 Å². The van der Waals surface area contributed by atoms with E-state index < -0.39 is 0 Å². The summed E-state index contributed by atoms with van der Waals surface area (Å²) in [6.07, 6.45) is 6.19. The third kappa shape index (κ3) is 6.05. The molecule has 3 nitrogen and oxygen atoms in total. The maximum Gasteiger partial charge on any atom is 0.302 e. The standard InChI is InChI=1S/C14H19BrNO2/c1-11(17)18-9-5-3-2-4-6-12-7-8-13(15)10-14(12)16/h6-8,10H,2-5,9,16H2,1H3. The number of nitrogens with two attached hydrogens (primary N) is 1. The van der Waals surface area contributed by atoms with Gasteiger partial charge in [0.05, 0.1) is 6.61 Å². The molecule has 0 aliphatic carbocycles. The Bertz CT molecular complexity index is 393. The van der Waals surface area contributed by atoms with Crippen molar-refractivity contribution in [1.29, 1.82) is 0 Å². The lowest BCUT2D eigenvalue weighted by Gasteiger charge is -2.06. The predicted molar refractivity (Wildman–Crippen MR) is 77.1 cm³/mol. The molecule has 0 aromatic heterocycles. The normalized spacial score (nSPS) is 10.3. The highest BCUT2D eigenvalue weighted by molar-refractivity contribution is 9.10. The second-order valence-corrected chi connectivity index (χ2v) is 5.08. The summed E-state index contributed by atoms with van der Waals surface area (Å²) >= 11 is 3.38. The third-order valence-electron chi connectivity index (χ3n) is 2.57. The van der Waals surface area contributed by atoms with Crippen molar-refractivity contribution in [2.24, 2.45) is 0 Å². The van der Waals surface area contributed by atoms with Crippen LogP contribution < -0.4 is 5.73 Å². The lowest BCUT2D eigenvalue weighted by atomic mass is 10.0. The van der Waals surface area contributed by atoms with Gasteiger partial charge in [-0.1, -0.05) is 34.8 Å². The van der Waals surface area contributed by atoms with E-state index in [0.29, 0.717) is 6.61 Å². The van der Waals surface area contributed by atoms with Gasteiger partial charge >= 0.3 is 5.97 Å². The quantitative estimate of drug-likeness (QED) is 0.474. The van der Waals surface area contributed by atoms with Crippen molar-refractivity contribution in [3.63, 3.8) is 0 Å². The molecule has 0 bridgehead atoms. The van der Waals surface area contributed by atoms with Gasteiger partial charge in [0.15, 0.2) is 0 Å². The SMILES string of the molecule is CC(=O)OCCCCC[CH]c1ccc(Br)cc1N. The molecular weight excluding hydrogens is 294 g/mol. The largest absolute Gasteiger partial charge is 0.466 e. The number of ether oxygens (including phenoxy) is 1. The van der Waals surface area contributed by atoms with Crippen molar-refractivity contribution in [2.75, 3.05) is 12.3 Å². The Kier molecular flexibility index (Phi) is 6.80. The molecule has 0 heterocycles. The van der Waals surface area contributed by atoms with Gasteiger partial charge < -0.3 is 10.5 Å². The molecule has 4 heteroatoms. The Morgan fingerprint density at radius 1 is 1.39 bits per heavy atom. The van der Waals surface area contributed by atoms with Gasteiger partial charge in [-0.05, 0) is 37.0 Å². The van der Waals surface area contributed by atoms with Crippen LogP contribution in [-0.2, 0) is 9.53 Å². The Morgan fingerprint density at radius 2 is 2.17 bits per heavy atom. The number of anilines is 1. The minimum absolute atomic E-state index is 0.204. The molecule has 1 aromatic rings. The van der Waals surface area contributed by atoms with Crippen LogP contribution >= 0.6 is 15.9 Å². The van der Waals surface area contributed by atoms with E-state index in [2.05, 4.69) is 22.4 Å². The van der Waals surface area contributed by atoms with Gasteiger partial charge in [0.25, 0.3) is 0 Å². The van der Waals surface area contributed by atoms with Crippen LogP contribution in [-0.4, -0.2) is 12.6 Å². The summed E-state index contributed by atoms with van der Waals surface area (Å²) in [5.41, 5.74) is 7.78. The van der Waals surface area contributed by atoms with E-state index in [1.807, 2.05) is 18.2 Å². The molecule has 0 spiro atoms. The van der Waals surface area contributed by atoms with E-state index >= 15 is 0 Å². The highest BCUT2D eigenvalue weighted by Gasteiger charge is 2.00. The summed E-state index contributed by atoms with van der Waals surface area (Å²) < 4.78 is 5.86. The molecule has 0 atom stereocenters. The lowest BCUT2D eigenvalue weighted by Crippen LogP contribution is -2.00. The Labute approximate surface area is 117 Å². The van der Waals surface area contributed by atoms with Crippen LogP contribution in [0.15, 0.2) is 22.7 Å². The summed E-state index contributed by atoms with van der Waals surface area (Å²) in [7, 11) is 0. The summed E-state index contributed by atoms with van der Waals surface area (Å²) in [6, 6.07) is 5.91. The van der Waals surface area contributed by atoms with E-state index in [4.69, 9.17) is 10.5 Å². The van der Waals surface area contributed by atoms with Crippen LogP contribution in [0.4, 0.5) is 5.69 Å². The molecule has 0 aliphatic heterocycles. The molecular formula is C14H19BrNO2. The van der Waals surface area contributed by atoms with Gasteiger partial charge in [0.2, 0.25) is 0 Å². The number of nitrogen functional groups attached to an aromatic ring is 1. The smallest absolute Gasteiger partial charge is 0.302 e. The predicted octanol–water partition coefficient (Wildman–Crippen LogP) is 3.71. The Balaban J connectivity index is 2.12. The number of hydrogen-bond donors (Lipinski definition) is 1. The maximum absolute atomic E-state index is 10.5. The monoisotopic (exact) mass is 312 g/mol. The second kappa shape index (κ2) is 8.14. The molecule has 0 amide bonds. The zero-order valence-electron chi connectivity index (χ0n) is 10.6. The number of rotatable bonds is 7. The molecule has 0 saturated heterocycles. The molecule has 0 unspecified atom stereocenters. The zero-order valence-corrected chi connectivity index (χ0v) is 12.2. The van der Waals surface area contributed by atoms with Crippen molar-refractivity contribution in [2.45, 2.75) is 32.6 Å². The average Bonchev–Trinajstić information content (AvgIpc) is 2.30. The first-order chi connectivity index (χ1) is 8.59. The summed E-state index contributed by atoms with van der Waals surface area (Å²) in [4.78, 5) is 10.5. The number of carbonyl (C=O) groups is 1. The first kappa shape index (κ1) is 15.0. The Morgan fingerprint density at radius 3 is 2.83 bits per heavy atom. The first-order valence-corrected chi connectivity index (χ1v) is 6.90. The molecule has 18 heavy (non-hydrogen) atoms. The van der Waals surface area contributed by atoms with Crippen molar-refractivity contribution in [3.8, 4) is 0 Å². The highest BCUT2D eigenvalue weighted by Crippen LogP contribution is 2.21. The van der Waals surface area contributed by atoms with Gasteiger partial charge in [-0.3, -0.25) is 4.79 Å². The van der Waals surface area contributed by atoms with Crippen LogP contribution in [0.5, 0.6) is 0 Å². The van der Waals surface area contributed by atoms with E-state index in [1.54, 1.807) is 0 Å². The van der Waals surface area contributed by atoms with Gasteiger partial charge in [-0.15, -0.1) is 0 Å². The van der Waals surface area contributed by atoms with E-state index in [9.17, 15) is 4.79 Å². The van der Waals surface area contributed by atoms with Crippen molar-refractivity contribution < 1.29 is 9.53 Å². The van der Waals surface area contributed by atoms with Gasteiger partial charge in [0, 0.05) is 17.1 Å². The number of carbonyl (C=O) groups excluding carboxylic acids is 1. The van der Waals surface area contributed by atoms with Crippen LogP contribution in [0.1, 0.15) is 38.2 Å². The fourth-order valence-corrected chi connectivity index (χ4v) is 2.01. The number of hydrogen-bond acceptors (Lipinski definition) is 3. The van der Waals surface area contributed by atoms with Crippen molar-refractivity contribution in [1.82, 2.24) is 0 Å². The molecule has 1 aromatic carbocycles. The third-order valence-corrected chi connectivity index (χ3v) is 3.06. The summed E-state index contributed by atoms with van der Waals surface area (Å²) in [5, 5.41) is 0. The molecule has 99 valence electrons. The minimum Gasteiger partial charge on any atom is -0.466 e. The minimum atomic E-state index is -0.204. The fourth-order valence-electron chi connectivity index (χ4n) is 1.63. The van der Waals surface area contributed by atoms with Crippen molar-refractivity contribution in [3.05, 3.63) is 34.7 Å². The van der Waals surface area contributed by atoms with Crippen molar-refractivity contribution >= 4 is 27.6 Å². The average molecular weight is 313 g/mol. The zero-order chi connectivity index (χ0) is 13.4.